The Kier molecular flexibility index (Phi) is 4.44. The first-order valence-electron chi connectivity index (χ1n) is 9.94. The molecule has 2 aromatic rings. The number of hydrogen-bond donors (Lipinski definition) is 0. The van der Waals surface area contributed by atoms with Gasteiger partial charge in [-0.05, 0) is 44.4 Å². The number of ether oxygens (including phenoxy) is 5. The van der Waals surface area contributed by atoms with Crippen molar-refractivity contribution in [2.45, 2.75) is 38.9 Å². The number of benzene rings is 2. The van der Waals surface area contributed by atoms with E-state index in [1.54, 1.807) is 7.11 Å². The normalized spacial score (nSPS) is 22.5. The summed E-state index contributed by atoms with van der Waals surface area (Å²) in [7, 11) is 1.71. The van der Waals surface area contributed by atoms with Gasteiger partial charge in [0.25, 0.3) is 0 Å². The van der Waals surface area contributed by atoms with Crippen molar-refractivity contribution in [2.75, 3.05) is 33.5 Å². The fraction of sp³-hybridized carbons (Fsp3) is 0.478. The van der Waals surface area contributed by atoms with Crippen molar-refractivity contribution in [3.63, 3.8) is 0 Å². The van der Waals surface area contributed by atoms with Crippen molar-refractivity contribution in [1.29, 1.82) is 0 Å². The molecule has 148 valence electrons. The molecule has 2 aliphatic heterocycles. The zero-order valence-corrected chi connectivity index (χ0v) is 16.7. The summed E-state index contributed by atoms with van der Waals surface area (Å²) in [6.45, 7) is 6.96. The van der Waals surface area contributed by atoms with Gasteiger partial charge in [-0.3, -0.25) is 0 Å². The molecule has 0 aromatic heterocycles. The zero-order chi connectivity index (χ0) is 19.3. The number of allylic oxidation sites excluding steroid dienone is 2. The van der Waals surface area contributed by atoms with Crippen molar-refractivity contribution in [1.82, 2.24) is 0 Å². The first-order valence-corrected chi connectivity index (χ1v) is 9.94. The molecule has 2 atom stereocenters. The Morgan fingerprint density at radius 2 is 1.64 bits per heavy atom. The standard InChI is InChI=1S/C23H26O5/c1-13-4-5-17-18(6-13)23(28-12-16-10-26-16)21-19(7-14(2)8-20(21)24-3)22(17)27-11-15-9-25-15/h4,7-8,15-16H,5-6,9-12H2,1-3H3. The van der Waals surface area contributed by atoms with E-state index < -0.39 is 0 Å². The quantitative estimate of drug-likeness (QED) is 0.539. The Bertz CT molecular complexity index is 954. The molecule has 2 fully saturated rings. The van der Waals surface area contributed by atoms with Gasteiger partial charge >= 0.3 is 0 Å². The van der Waals surface area contributed by atoms with Crippen LogP contribution in [0.2, 0.25) is 0 Å². The number of fused-ring (bicyclic) bond motifs is 2. The summed E-state index contributed by atoms with van der Waals surface area (Å²) in [6.07, 6.45) is 4.41. The highest BCUT2D eigenvalue weighted by atomic mass is 16.6. The fourth-order valence-corrected chi connectivity index (χ4v) is 3.95. The zero-order valence-electron chi connectivity index (χ0n) is 16.7. The lowest BCUT2D eigenvalue weighted by Crippen LogP contribution is -2.14. The molecule has 0 amide bonds. The van der Waals surface area contributed by atoms with E-state index in [2.05, 4.69) is 32.1 Å². The van der Waals surface area contributed by atoms with E-state index in [9.17, 15) is 0 Å². The molecule has 1 aliphatic carbocycles. The Balaban J connectivity index is 1.72. The van der Waals surface area contributed by atoms with Gasteiger partial charge in [0.1, 0.15) is 42.7 Å². The van der Waals surface area contributed by atoms with E-state index in [1.165, 1.54) is 16.7 Å². The second-order valence-corrected chi connectivity index (χ2v) is 7.97. The van der Waals surface area contributed by atoms with Crippen molar-refractivity contribution in [3.05, 3.63) is 40.5 Å². The molecule has 2 saturated heterocycles. The van der Waals surface area contributed by atoms with Crippen LogP contribution in [0, 0.1) is 6.92 Å². The van der Waals surface area contributed by atoms with Gasteiger partial charge < -0.3 is 23.7 Å². The molecule has 28 heavy (non-hydrogen) atoms. The number of hydrogen-bond acceptors (Lipinski definition) is 5. The predicted octanol–water partition coefficient (Wildman–Crippen LogP) is 3.76. The van der Waals surface area contributed by atoms with E-state index in [4.69, 9.17) is 23.7 Å². The summed E-state index contributed by atoms with van der Waals surface area (Å²) in [6, 6.07) is 4.24. The molecule has 0 bridgehead atoms. The van der Waals surface area contributed by atoms with Gasteiger partial charge in [0.15, 0.2) is 0 Å². The first kappa shape index (κ1) is 17.8. The van der Waals surface area contributed by atoms with Crippen molar-refractivity contribution >= 4 is 10.8 Å². The fourth-order valence-electron chi connectivity index (χ4n) is 3.95. The van der Waals surface area contributed by atoms with Crippen LogP contribution in [-0.2, 0) is 22.3 Å². The lowest BCUT2D eigenvalue weighted by Gasteiger charge is -2.26. The highest BCUT2D eigenvalue weighted by molar-refractivity contribution is 6.01. The van der Waals surface area contributed by atoms with E-state index >= 15 is 0 Å². The van der Waals surface area contributed by atoms with E-state index in [-0.39, 0.29) is 12.2 Å². The van der Waals surface area contributed by atoms with Crippen LogP contribution in [0.4, 0.5) is 0 Å². The third-order valence-electron chi connectivity index (χ3n) is 5.59. The molecule has 3 aliphatic rings. The monoisotopic (exact) mass is 382 g/mol. The lowest BCUT2D eigenvalue weighted by atomic mass is 9.87. The molecule has 5 rings (SSSR count). The molecule has 0 N–H and O–H groups in total. The molecule has 5 nitrogen and oxygen atoms in total. The van der Waals surface area contributed by atoms with Crippen LogP contribution in [0.25, 0.3) is 10.8 Å². The van der Waals surface area contributed by atoms with Gasteiger partial charge in [0.05, 0.1) is 25.7 Å². The summed E-state index contributed by atoms with van der Waals surface area (Å²) in [5.74, 6) is 2.69. The van der Waals surface area contributed by atoms with Gasteiger partial charge in [-0.15, -0.1) is 0 Å². The van der Waals surface area contributed by atoms with Gasteiger partial charge in [0, 0.05) is 16.5 Å². The molecule has 0 saturated carbocycles. The third-order valence-corrected chi connectivity index (χ3v) is 5.59. The minimum Gasteiger partial charge on any atom is -0.496 e. The average Bonchev–Trinajstić information content (AvgIpc) is 3.59. The van der Waals surface area contributed by atoms with E-state index in [0.29, 0.717) is 13.2 Å². The van der Waals surface area contributed by atoms with Crippen molar-refractivity contribution < 1.29 is 23.7 Å². The predicted molar refractivity (Wildman–Crippen MR) is 107 cm³/mol. The van der Waals surface area contributed by atoms with Crippen molar-refractivity contribution in [2.24, 2.45) is 0 Å². The second kappa shape index (κ2) is 6.98. The Morgan fingerprint density at radius 1 is 0.964 bits per heavy atom. The lowest BCUT2D eigenvalue weighted by molar-refractivity contribution is 0.257. The van der Waals surface area contributed by atoms with Crippen LogP contribution in [0.1, 0.15) is 23.6 Å². The molecular weight excluding hydrogens is 356 g/mol. The molecule has 2 aromatic carbocycles. The van der Waals surface area contributed by atoms with Crippen LogP contribution >= 0.6 is 0 Å². The maximum absolute atomic E-state index is 6.35. The molecule has 0 radical (unpaired) electrons. The third kappa shape index (κ3) is 3.33. The van der Waals surface area contributed by atoms with Gasteiger partial charge in [0.2, 0.25) is 0 Å². The topological polar surface area (TPSA) is 52.8 Å². The Hall–Kier alpha value is -2.24. The Labute approximate surface area is 165 Å². The number of aryl methyl sites for hydroxylation is 1. The van der Waals surface area contributed by atoms with Crippen LogP contribution in [-0.4, -0.2) is 45.7 Å². The van der Waals surface area contributed by atoms with Crippen LogP contribution < -0.4 is 14.2 Å². The minimum atomic E-state index is 0.199. The second-order valence-electron chi connectivity index (χ2n) is 7.97. The highest BCUT2D eigenvalue weighted by Crippen LogP contribution is 2.48. The highest BCUT2D eigenvalue weighted by Gasteiger charge is 2.30. The summed E-state index contributed by atoms with van der Waals surface area (Å²) in [5.41, 5.74) is 4.91. The van der Waals surface area contributed by atoms with Crippen molar-refractivity contribution in [3.8, 4) is 17.2 Å². The molecule has 2 unspecified atom stereocenters. The van der Waals surface area contributed by atoms with Crippen LogP contribution in [0.3, 0.4) is 0 Å². The average molecular weight is 382 g/mol. The smallest absolute Gasteiger partial charge is 0.135 e. The summed E-state index contributed by atoms with van der Waals surface area (Å²) >= 11 is 0. The molecule has 5 heteroatoms. The van der Waals surface area contributed by atoms with E-state index in [1.807, 2.05) is 0 Å². The number of methoxy groups -OCH3 is 1. The number of rotatable bonds is 7. The molecule has 0 spiro atoms. The minimum absolute atomic E-state index is 0.199. The molecular formula is C23H26O5. The molecule has 2 heterocycles. The maximum Gasteiger partial charge on any atom is 0.135 e. The largest absolute Gasteiger partial charge is 0.496 e. The first-order chi connectivity index (χ1) is 13.6. The maximum atomic E-state index is 6.35. The number of epoxide rings is 2. The van der Waals surface area contributed by atoms with Gasteiger partial charge in [-0.2, -0.15) is 0 Å². The van der Waals surface area contributed by atoms with Crippen LogP contribution in [0.15, 0.2) is 23.8 Å². The summed E-state index contributed by atoms with van der Waals surface area (Å²) in [5, 5.41) is 2.05. The summed E-state index contributed by atoms with van der Waals surface area (Å²) in [4.78, 5) is 0. The Morgan fingerprint density at radius 3 is 2.29 bits per heavy atom. The van der Waals surface area contributed by atoms with Crippen LogP contribution in [0.5, 0.6) is 17.2 Å². The van der Waals surface area contributed by atoms with Gasteiger partial charge in [-0.25, -0.2) is 0 Å². The van der Waals surface area contributed by atoms with E-state index in [0.717, 1.165) is 59.6 Å². The SMILES string of the molecule is COc1cc(C)cc2c(OCC3CO3)c3c(c(OCC4CO4)c12)CC(C)=CC3. The summed E-state index contributed by atoms with van der Waals surface area (Å²) < 4.78 is 29.2. The van der Waals surface area contributed by atoms with Gasteiger partial charge in [-0.1, -0.05) is 11.6 Å².